The molecule has 104 valence electrons. The lowest BCUT2D eigenvalue weighted by molar-refractivity contribution is -0.123. The molecule has 0 atom stereocenters. The number of nitrogens with zero attached hydrogens (tertiary/aromatic N) is 1. The molecule has 0 aliphatic carbocycles. The van der Waals surface area contributed by atoms with Crippen LogP contribution in [0.4, 0.5) is 5.69 Å². The first-order chi connectivity index (χ1) is 8.91. The Kier molecular flexibility index (Phi) is 6.02. The quantitative estimate of drug-likeness (QED) is 0.904. The van der Waals surface area contributed by atoms with Crippen molar-refractivity contribution in [2.24, 2.45) is 5.92 Å². The number of carbonyl (C=O) groups excluding carboxylic acids is 2. The molecule has 0 heterocycles. The molecule has 0 aromatic heterocycles. The highest BCUT2D eigenvalue weighted by atomic mass is 79.9. The molecule has 1 rings (SSSR count). The van der Waals surface area contributed by atoms with Crippen LogP contribution in [0.15, 0.2) is 28.7 Å². The van der Waals surface area contributed by atoms with Crippen molar-refractivity contribution in [3.63, 3.8) is 0 Å². The van der Waals surface area contributed by atoms with E-state index < -0.39 is 0 Å². The van der Waals surface area contributed by atoms with Crippen LogP contribution in [0.3, 0.4) is 0 Å². The molecular weight excluding hydrogens is 308 g/mol. The molecule has 19 heavy (non-hydrogen) atoms. The van der Waals surface area contributed by atoms with Crippen molar-refractivity contribution >= 4 is 33.4 Å². The summed E-state index contributed by atoms with van der Waals surface area (Å²) in [4.78, 5) is 25.0. The molecule has 0 saturated heterocycles. The SMILES string of the molecule is CC(=O)N(CC(=O)NCC(C)C)c1ccccc1Br. The van der Waals surface area contributed by atoms with Crippen molar-refractivity contribution in [2.75, 3.05) is 18.0 Å². The number of amides is 2. The Morgan fingerprint density at radius 2 is 1.95 bits per heavy atom. The normalized spacial score (nSPS) is 10.4. The van der Waals surface area contributed by atoms with Gasteiger partial charge in [0.05, 0.1) is 5.69 Å². The molecule has 0 unspecified atom stereocenters. The van der Waals surface area contributed by atoms with Crippen LogP contribution in [-0.4, -0.2) is 24.9 Å². The minimum atomic E-state index is -0.161. The molecule has 4 nitrogen and oxygen atoms in total. The molecule has 1 aromatic carbocycles. The van der Waals surface area contributed by atoms with Gasteiger partial charge in [0.25, 0.3) is 0 Å². The Hall–Kier alpha value is -1.36. The Morgan fingerprint density at radius 3 is 2.47 bits per heavy atom. The fraction of sp³-hybridized carbons (Fsp3) is 0.429. The Bertz CT molecular complexity index is 461. The maximum Gasteiger partial charge on any atom is 0.240 e. The van der Waals surface area contributed by atoms with Gasteiger partial charge in [0.1, 0.15) is 6.54 Å². The highest BCUT2D eigenvalue weighted by Gasteiger charge is 2.17. The van der Waals surface area contributed by atoms with E-state index in [-0.39, 0.29) is 18.4 Å². The average Bonchev–Trinajstić information content (AvgIpc) is 2.34. The number of halogens is 1. The van der Waals surface area contributed by atoms with Gasteiger partial charge in [0.2, 0.25) is 11.8 Å². The van der Waals surface area contributed by atoms with E-state index in [1.165, 1.54) is 11.8 Å². The van der Waals surface area contributed by atoms with Crippen LogP contribution < -0.4 is 10.2 Å². The van der Waals surface area contributed by atoms with E-state index in [1.807, 2.05) is 32.0 Å². The molecule has 0 radical (unpaired) electrons. The first kappa shape index (κ1) is 15.7. The van der Waals surface area contributed by atoms with Gasteiger partial charge in [0, 0.05) is 17.9 Å². The third-order valence-electron chi connectivity index (χ3n) is 2.53. The lowest BCUT2D eigenvalue weighted by atomic mass is 10.2. The Labute approximate surface area is 122 Å². The standard InChI is InChI=1S/C14H19BrN2O2/c1-10(2)8-16-14(19)9-17(11(3)18)13-7-5-4-6-12(13)15/h4-7,10H,8-9H2,1-3H3,(H,16,19). The van der Waals surface area contributed by atoms with Crippen molar-refractivity contribution in [1.29, 1.82) is 0 Å². The van der Waals surface area contributed by atoms with E-state index in [1.54, 1.807) is 6.07 Å². The van der Waals surface area contributed by atoms with E-state index in [4.69, 9.17) is 0 Å². The molecule has 0 spiro atoms. The summed E-state index contributed by atoms with van der Waals surface area (Å²) in [7, 11) is 0. The number of hydrogen-bond acceptors (Lipinski definition) is 2. The summed E-state index contributed by atoms with van der Waals surface area (Å²) >= 11 is 3.39. The summed E-state index contributed by atoms with van der Waals surface area (Å²) in [5.41, 5.74) is 0.703. The van der Waals surface area contributed by atoms with Crippen LogP contribution in [0.2, 0.25) is 0 Å². The van der Waals surface area contributed by atoms with E-state index in [0.29, 0.717) is 18.2 Å². The molecule has 0 aliphatic heterocycles. The number of hydrogen-bond donors (Lipinski definition) is 1. The summed E-state index contributed by atoms with van der Waals surface area (Å²) in [6.45, 7) is 6.15. The van der Waals surface area contributed by atoms with E-state index in [2.05, 4.69) is 21.2 Å². The molecule has 0 aliphatic rings. The van der Waals surface area contributed by atoms with Gasteiger partial charge in [-0.3, -0.25) is 9.59 Å². The second-order valence-corrected chi connectivity index (χ2v) is 5.61. The number of para-hydroxylation sites is 1. The van der Waals surface area contributed by atoms with Gasteiger partial charge in [-0.15, -0.1) is 0 Å². The Balaban J connectivity index is 2.77. The van der Waals surface area contributed by atoms with Crippen molar-refractivity contribution in [3.05, 3.63) is 28.7 Å². The van der Waals surface area contributed by atoms with Crippen molar-refractivity contribution in [3.8, 4) is 0 Å². The summed E-state index contributed by atoms with van der Waals surface area (Å²) in [5, 5.41) is 2.81. The minimum Gasteiger partial charge on any atom is -0.354 e. The van der Waals surface area contributed by atoms with Crippen LogP contribution in [0.5, 0.6) is 0 Å². The van der Waals surface area contributed by atoms with E-state index in [9.17, 15) is 9.59 Å². The van der Waals surface area contributed by atoms with Gasteiger partial charge in [-0.25, -0.2) is 0 Å². The largest absolute Gasteiger partial charge is 0.354 e. The minimum absolute atomic E-state index is 0.0324. The van der Waals surface area contributed by atoms with Crippen molar-refractivity contribution in [2.45, 2.75) is 20.8 Å². The molecular formula is C14H19BrN2O2. The van der Waals surface area contributed by atoms with Gasteiger partial charge in [-0.1, -0.05) is 26.0 Å². The van der Waals surface area contributed by atoms with Crippen LogP contribution in [-0.2, 0) is 9.59 Å². The molecule has 2 amide bonds. The van der Waals surface area contributed by atoms with Crippen molar-refractivity contribution < 1.29 is 9.59 Å². The van der Waals surface area contributed by atoms with Gasteiger partial charge in [0.15, 0.2) is 0 Å². The molecule has 0 fully saturated rings. The summed E-state index contributed by atoms with van der Waals surface area (Å²) < 4.78 is 0.793. The predicted molar refractivity (Wildman–Crippen MR) is 80.0 cm³/mol. The number of benzene rings is 1. The zero-order valence-electron chi connectivity index (χ0n) is 11.4. The fourth-order valence-corrected chi connectivity index (χ4v) is 2.05. The second-order valence-electron chi connectivity index (χ2n) is 4.75. The highest BCUT2D eigenvalue weighted by Crippen LogP contribution is 2.25. The van der Waals surface area contributed by atoms with Crippen LogP contribution in [0, 0.1) is 5.92 Å². The molecule has 5 heteroatoms. The fourth-order valence-electron chi connectivity index (χ4n) is 1.55. The maximum absolute atomic E-state index is 11.8. The smallest absolute Gasteiger partial charge is 0.240 e. The first-order valence-corrected chi connectivity index (χ1v) is 7.00. The lowest BCUT2D eigenvalue weighted by Crippen LogP contribution is -2.41. The van der Waals surface area contributed by atoms with Gasteiger partial charge in [-0.05, 0) is 34.0 Å². The topological polar surface area (TPSA) is 49.4 Å². The number of anilines is 1. The maximum atomic E-state index is 11.8. The monoisotopic (exact) mass is 326 g/mol. The lowest BCUT2D eigenvalue weighted by Gasteiger charge is -2.22. The third-order valence-corrected chi connectivity index (χ3v) is 3.20. The summed E-state index contributed by atoms with van der Waals surface area (Å²) in [5.74, 6) is 0.0736. The number of carbonyl (C=O) groups is 2. The first-order valence-electron chi connectivity index (χ1n) is 6.21. The third kappa shape index (κ3) is 5.03. The highest BCUT2D eigenvalue weighted by molar-refractivity contribution is 9.10. The van der Waals surface area contributed by atoms with E-state index in [0.717, 1.165) is 4.47 Å². The summed E-state index contributed by atoms with van der Waals surface area (Å²) in [6, 6.07) is 7.35. The van der Waals surface area contributed by atoms with Crippen LogP contribution >= 0.6 is 15.9 Å². The van der Waals surface area contributed by atoms with Crippen LogP contribution in [0.1, 0.15) is 20.8 Å². The Morgan fingerprint density at radius 1 is 1.32 bits per heavy atom. The van der Waals surface area contributed by atoms with Gasteiger partial charge < -0.3 is 10.2 Å². The zero-order chi connectivity index (χ0) is 14.4. The average molecular weight is 327 g/mol. The van der Waals surface area contributed by atoms with E-state index >= 15 is 0 Å². The molecule has 0 saturated carbocycles. The van der Waals surface area contributed by atoms with Gasteiger partial charge in [-0.2, -0.15) is 0 Å². The number of nitrogens with one attached hydrogen (secondary N) is 1. The second kappa shape index (κ2) is 7.28. The predicted octanol–water partition coefficient (Wildman–Crippen LogP) is 2.57. The summed E-state index contributed by atoms with van der Waals surface area (Å²) in [6.07, 6.45) is 0. The molecule has 1 aromatic rings. The van der Waals surface area contributed by atoms with Crippen molar-refractivity contribution in [1.82, 2.24) is 5.32 Å². The number of rotatable bonds is 5. The zero-order valence-corrected chi connectivity index (χ0v) is 13.0. The molecule has 0 bridgehead atoms. The molecule has 1 N–H and O–H groups in total. The van der Waals surface area contributed by atoms with Gasteiger partial charge >= 0.3 is 0 Å². The van der Waals surface area contributed by atoms with Crippen LogP contribution in [0.25, 0.3) is 0 Å².